The standard InChI is InChI=1S/C8H18Si.C2H2F3NO/c1-8-6-4-5-7-9(8,2)3;3-2(4,5)1(6)7/h8H,4-7H2,1-3H3;(H2,6,7). The van der Waals surface area contributed by atoms with Crippen LogP contribution in [0.25, 0.3) is 0 Å². The molecule has 96 valence electrons. The lowest BCUT2D eigenvalue weighted by Crippen LogP contribution is -2.33. The first kappa shape index (κ1) is 15.5. The van der Waals surface area contributed by atoms with Crippen LogP contribution < -0.4 is 5.73 Å². The SMILES string of the molecule is CC1CCCC[Si]1(C)C.NC(=O)C(F)(F)F. The molecule has 2 N–H and O–H groups in total. The van der Waals surface area contributed by atoms with Crippen molar-refractivity contribution >= 4 is 14.0 Å². The highest BCUT2D eigenvalue weighted by Gasteiger charge is 2.35. The minimum atomic E-state index is -4.86. The van der Waals surface area contributed by atoms with Gasteiger partial charge in [0.2, 0.25) is 0 Å². The zero-order valence-corrected chi connectivity index (χ0v) is 11.0. The number of carbonyl (C=O) groups is 1. The third-order valence-electron chi connectivity index (χ3n) is 3.32. The Morgan fingerprint density at radius 2 is 1.75 bits per heavy atom. The van der Waals surface area contributed by atoms with Gasteiger partial charge in [-0.1, -0.05) is 45.3 Å². The fourth-order valence-electron chi connectivity index (χ4n) is 1.67. The van der Waals surface area contributed by atoms with E-state index in [9.17, 15) is 13.2 Å². The number of halogens is 3. The van der Waals surface area contributed by atoms with Crippen LogP contribution in [0.4, 0.5) is 13.2 Å². The van der Waals surface area contributed by atoms with Gasteiger partial charge < -0.3 is 5.73 Å². The number of carbonyl (C=O) groups excluding carboxylic acids is 1. The van der Waals surface area contributed by atoms with E-state index in [1.165, 1.54) is 19.3 Å². The second-order valence-corrected chi connectivity index (χ2v) is 10.5. The normalized spacial score (nSPS) is 24.2. The van der Waals surface area contributed by atoms with E-state index in [0.29, 0.717) is 0 Å². The van der Waals surface area contributed by atoms with E-state index in [0.717, 1.165) is 5.54 Å². The van der Waals surface area contributed by atoms with Gasteiger partial charge in [-0.05, 0) is 5.54 Å². The van der Waals surface area contributed by atoms with Crippen LogP contribution in [0.3, 0.4) is 0 Å². The molecule has 0 aliphatic carbocycles. The zero-order chi connectivity index (χ0) is 13.0. The maximum atomic E-state index is 10.7. The molecule has 0 bridgehead atoms. The van der Waals surface area contributed by atoms with Crippen molar-refractivity contribution in [2.24, 2.45) is 5.73 Å². The Kier molecular flexibility index (Phi) is 5.51. The van der Waals surface area contributed by atoms with Crippen LogP contribution in [0.5, 0.6) is 0 Å². The Balaban J connectivity index is 0.000000293. The maximum absolute atomic E-state index is 10.7. The monoisotopic (exact) mass is 255 g/mol. The molecule has 0 radical (unpaired) electrons. The number of primary amides is 1. The Morgan fingerprint density at radius 3 is 1.94 bits per heavy atom. The molecule has 2 nitrogen and oxygen atoms in total. The largest absolute Gasteiger partial charge is 0.470 e. The molecule has 1 fully saturated rings. The van der Waals surface area contributed by atoms with Crippen LogP contribution >= 0.6 is 0 Å². The van der Waals surface area contributed by atoms with Crippen LogP contribution in [0.15, 0.2) is 0 Å². The van der Waals surface area contributed by atoms with Crippen molar-refractivity contribution in [3.63, 3.8) is 0 Å². The molecule has 0 aromatic rings. The lowest BCUT2D eigenvalue weighted by atomic mass is 10.2. The van der Waals surface area contributed by atoms with Crippen molar-refractivity contribution in [1.82, 2.24) is 0 Å². The van der Waals surface area contributed by atoms with Gasteiger partial charge in [0.15, 0.2) is 0 Å². The van der Waals surface area contributed by atoms with Crippen LogP contribution in [0, 0.1) is 0 Å². The first-order valence-electron chi connectivity index (χ1n) is 5.44. The number of nitrogens with two attached hydrogens (primary N) is 1. The van der Waals surface area contributed by atoms with Gasteiger partial charge in [-0.15, -0.1) is 0 Å². The summed E-state index contributed by atoms with van der Waals surface area (Å²) in [6, 6.07) is 1.58. The highest BCUT2D eigenvalue weighted by atomic mass is 28.3. The Bertz CT molecular complexity index is 241. The molecule has 0 aromatic carbocycles. The predicted molar refractivity (Wildman–Crippen MR) is 60.8 cm³/mol. The topological polar surface area (TPSA) is 43.1 Å². The summed E-state index contributed by atoms with van der Waals surface area (Å²) in [5, 5.41) is 0. The van der Waals surface area contributed by atoms with Gasteiger partial charge in [0.25, 0.3) is 0 Å². The average molecular weight is 255 g/mol. The minimum absolute atomic E-state index is 0.694. The molecule has 1 rings (SSSR count). The summed E-state index contributed by atoms with van der Waals surface area (Å²) in [5.74, 6) is -2.26. The summed E-state index contributed by atoms with van der Waals surface area (Å²) in [7, 11) is -0.694. The van der Waals surface area contributed by atoms with Crippen molar-refractivity contribution in [3.8, 4) is 0 Å². The summed E-state index contributed by atoms with van der Waals surface area (Å²) >= 11 is 0. The molecule has 1 atom stereocenters. The van der Waals surface area contributed by atoms with E-state index in [-0.39, 0.29) is 0 Å². The van der Waals surface area contributed by atoms with E-state index >= 15 is 0 Å². The molecule has 6 heteroatoms. The summed E-state index contributed by atoms with van der Waals surface area (Å²) in [5.41, 5.74) is 4.89. The number of amides is 1. The van der Waals surface area contributed by atoms with Crippen molar-refractivity contribution < 1.29 is 18.0 Å². The van der Waals surface area contributed by atoms with Crippen LogP contribution in [0.1, 0.15) is 26.2 Å². The molecule has 1 amide bonds. The quantitative estimate of drug-likeness (QED) is 0.663. The van der Waals surface area contributed by atoms with Gasteiger partial charge in [0.1, 0.15) is 0 Å². The Labute approximate surface area is 95.4 Å². The molecule has 0 aromatic heterocycles. The molecule has 16 heavy (non-hydrogen) atoms. The number of alkyl halides is 3. The van der Waals surface area contributed by atoms with Gasteiger partial charge >= 0.3 is 12.1 Å². The van der Waals surface area contributed by atoms with E-state index in [4.69, 9.17) is 4.79 Å². The fraction of sp³-hybridized carbons (Fsp3) is 0.900. The third-order valence-corrected chi connectivity index (χ3v) is 7.92. The molecular weight excluding hydrogens is 235 g/mol. The predicted octanol–water partition coefficient (Wildman–Crippen LogP) is 3.30. The molecule has 1 unspecified atom stereocenters. The van der Waals surface area contributed by atoms with Crippen molar-refractivity contribution in [1.29, 1.82) is 0 Å². The van der Waals surface area contributed by atoms with Gasteiger partial charge in [0, 0.05) is 0 Å². The summed E-state index contributed by atoms with van der Waals surface area (Å²) in [6.07, 6.45) is -0.333. The second-order valence-electron chi connectivity index (χ2n) is 5.00. The number of hydrogen-bond acceptors (Lipinski definition) is 1. The summed E-state index contributed by atoms with van der Waals surface area (Å²) < 4.78 is 32.1. The molecule has 0 saturated carbocycles. The lowest BCUT2D eigenvalue weighted by molar-refractivity contribution is -0.169. The first-order chi connectivity index (χ1) is 7.07. The second kappa shape index (κ2) is 5.70. The van der Waals surface area contributed by atoms with E-state index in [1.807, 2.05) is 0 Å². The van der Waals surface area contributed by atoms with Crippen molar-refractivity contribution in [2.75, 3.05) is 0 Å². The zero-order valence-electron chi connectivity index (χ0n) is 10.0. The Morgan fingerprint density at radius 1 is 1.31 bits per heavy atom. The summed E-state index contributed by atoms with van der Waals surface area (Å²) in [6.45, 7) is 7.53. The van der Waals surface area contributed by atoms with Gasteiger partial charge in [-0.3, -0.25) is 4.79 Å². The van der Waals surface area contributed by atoms with Gasteiger partial charge in [0.05, 0.1) is 8.07 Å². The van der Waals surface area contributed by atoms with Crippen LogP contribution in [-0.2, 0) is 4.79 Å². The van der Waals surface area contributed by atoms with Crippen molar-refractivity contribution in [2.45, 2.75) is 57.0 Å². The molecule has 1 aliphatic rings. The molecule has 1 aliphatic heterocycles. The lowest BCUT2D eigenvalue weighted by Gasteiger charge is -2.34. The molecule has 0 spiro atoms. The van der Waals surface area contributed by atoms with E-state index in [2.05, 4.69) is 25.8 Å². The minimum Gasteiger partial charge on any atom is -0.362 e. The van der Waals surface area contributed by atoms with Crippen LogP contribution in [0.2, 0.25) is 24.7 Å². The molecular formula is C10H20F3NOSi. The average Bonchev–Trinajstić information content (AvgIpc) is 2.09. The maximum Gasteiger partial charge on any atom is 0.470 e. The first-order valence-corrected chi connectivity index (χ1v) is 8.72. The van der Waals surface area contributed by atoms with Gasteiger partial charge in [-0.25, -0.2) is 0 Å². The fourth-order valence-corrected chi connectivity index (χ4v) is 4.31. The smallest absolute Gasteiger partial charge is 0.362 e. The van der Waals surface area contributed by atoms with Crippen LogP contribution in [-0.4, -0.2) is 20.2 Å². The Hall–Kier alpha value is -0.523. The van der Waals surface area contributed by atoms with Crippen molar-refractivity contribution in [3.05, 3.63) is 0 Å². The third kappa shape index (κ3) is 5.53. The highest BCUT2D eigenvalue weighted by Crippen LogP contribution is 2.36. The molecule has 1 saturated heterocycles. The van der Waals surface area contributed by atoms with Gasteiger partial charge in [-0.2, -0.15) is 13.2 Å². The summed E-state index contributed by atoms with van der Waals surface area (Å²) in [4.78, 5) is 9.12. The van der Waals surface area contributed by atoms with E-state index in [1.54, 1.807) is 6.04 Å². The highest BCUT2D eigenvalue weighted by molar-refractivity contribution is 6.78. The number of hydrogen-bond donors (Lipinski definition) is 1. The van der Waals surface area contributed by atoms with E-state index < -0.39 is 20.2 Å². The molecule has 1 heterocycles. The number of rotatable bonds is 0.